The average Bonchev–Trinajstić information content (AvgIpc) is 3.12. The molecule has 96 valence electrons. The van der Waals surface area contributed by atoms with E-state index in [0.717, 1.165) is 26.4 Å². The summed E-state index contributed by atoms with van der Waals surface area (Å²) in [5.74, 6) is 0. The average molecular weight is 240 g/mol. The number of ether oxygens (including phenoxy) is 4. The molecule has 0 aromatic heterocycles. The van der Waals surface area contributed by atoms with Crippen molar-refractivity contribution in [3.63, 3.8) is 0 Å². The van der Waals surface area contributed by atoms with Gasteiger partial charge >= 0.3 is 0 Å². The Kier molecular flexibility index (Phi) is 2.47. The van der Waals surface area contributed by atoms with Crippen LogP contribution in [0.2, 0.25) is 0 Å². The van der Waals surface area contributed by atoms with E-state index in [1.807, 2.05) is 0 Å². The third-order valence-electron chi connectivity index (χ3n) is 4.25. The molecule has 4 aliphatic rings. The molecule has 0 aromatic carbocycles. The van der Waals surface area contributed by atoms with Crippen LogP contribution in [0, 0.1) is 5.41 Å². The van der Waals surface area contributed by atoms with Crippen LogP contribution in [0.15, 0.2) is 0 Å². The van der Waals surface area contributed by atoms with Crippen molar-refractivity contribution >= 4 is 0 Å². The molecule has 4 fully saturated rings. The van der Waals surface area contributed by atoms with Gasteiger partial charge in [-0.25, -0.2) is 0 Å². The van der Waals surface area contributed by atoms with Gasteiger partial charge in [0.2, 0.25) is 0 Å². The summed E-state index contributed by atoms with van der Waals surface area (Å²) in [6, 6.07) is 0. The fourth-order valence-electron chi connectivity index (χ4n) is 3.18. The molecule has 4 rings (SSSR count). The van der Waals surface area contributed by atoms with E-state index >= 15 is 0 Å². The molecular formula is C13H20O4. The normalized spacial score (nSPS) is 45.2. The topological polar surface area (TPSA) is 50.1 Å². The minimum Gasteiger partial charge on any atom is -0.373 e. The molecule has 0 radical (unpaired) electrons. The summed E-state index contributed by atoms with van der Waals surface area (Å²) in [6.07, 6.45) is 6.66. The molecular weight excluding hydrogens is 220 g/mol. The molecule has 0 aromatic rings. The van der Waals surface area contributed by atoms with E-state index < -0.39 is 0 Å². The largest absolute Gasteiger partial charge is 0.373 e. The van der Waals surface area contributed by atoms with Gasteiger partial charge in [0.1, 0.15) is 0 Å². The molecule has 17 heavy (non-hydrogen) atoms. The van der Waals surface area contributed by atoms with Gasteiger partial charge in [0.15, 0.2) is 0 Å². The fourth-order valence-corrected chi connectivity index (χ4v) is 3.18. The third-order valence-corrected chi connectivity index (χ3v) is 4.25. The summed E-state index contributed by atoms with van der Waals surface area (Å²) in [6.45, 7) is 3.79. The first kappa shape index (κ1) is 10.7. The lowest BCUT2D eigenvalue weighted by Gasteiger charge is -2.32. The van der Waals surface area contributed by atoms with Crippen LogP contribution in [0.5, 0.6) is 0 Å². The van der Waals surface area contributed by atoms with Crippen LogP contribution in [0.25, 0.3) is 0 Å². The van der Waals surface area contributed by atoms with Gasteiger partial charge in [0, 0.05) is 0 Å². The van der Waals surface area contributed by atoms with E-state index in [4.69, 9.17) is 18.9 Å². The zero-order valence-corrected chi connectivity index (χ0v) is 10.1. The SMILES string of the molecule is C1OC1CC(CC1CO1)(CC1CO1)CC1CO1. The lowest BCUT2D eigenvalue weighted by atomic mass is 9.72. The van der Waals surface area contributed by atoms with Gasteiger partial charge in [-0.3, -0.25) is 0 Å². The molecule has 4 atom stereocenters. The minimum atomic E-state index is 0.338. The Hall–Kier alpha value is -0.160. The first-order valence-electron chi connectivity index (χ1n) is 6.78. The van der Waals surface area contributed by atoms with Gasteiger partial charge in [0.05, 0.1) is 50.8 Å². The van der Waals surface area contributed by atoms with Crippen LogP contribution in [-0.2, 0) is 18.9 Å². The summed E-state index contributed by atoms with van der Waals surface area (Å²) < 4.78 is 21.8. The molecule has 4 heterocycles. The second kappa shape index (κ2) is 3.92. The quantitative estimate of drug-likeness (QED) is 0.597. The molecule has 4 saturated heterocycles. The van der Waals surface area contributed by atoms with Gasteiger partial charge in [-0.1, -0.05) is 0 Å². The van der Waals surface area contributed by atoms with Crippen molar-refractivity contribution in [2.24, 2.45) is 5.41 Å². The summed E-state index contributed by atoms with van der Waals surface area (Å²) >= 11 is 0. The Labute approximate surface area is 102 Å². The number of epoxide rings is 4. The summed E-state index contributed by atoms with van der Waals surface area (Å²) in [5, 5.41) is 0. The Morgan fingerprint density at radius 3 is 1.00 bits per heavy atom. The molecule has 0 N–H and O–H groups in total. The van der Waals surface area contributed by atoms with E-state index in [-0.39, 0.29) is 0 Å². The Balaban J connectivity index is 1.46. The van der Waals surface area contributed by atoms with Crippen LogP contribution in [0.4, 0.5) is 0 Å². The maximum atomic E-state index is 5.45. The Bertz CT molecular complexity index is 228. The maximum absolute atomic E-state index is 5.45. The Morgan fingerprint density at radius 2 is 0.824 bits per heavy atom. The predicted molar refractivity (Wildman–Crippen MR) is 59.9 cm³/mol. The molecule has 4 unspecified atom stereocenters. The van der Waals surface area contributed by atoms with E-state index in [1.54, 1.807) is 0 Å². The monoisotopic (exact) mass is 240 g/mol. The molecule has 0 bridgehead atoms. The lowest BCUT2D eigenvalue weighted by Crippen LogP contribution is -2.29. The van der Waals surface area contributed by atoms with Crippen molar-refractivity contribution in [3.05, 3.63) is 0 Å². The summed E-state index contributed by atoms with van der Waals surface area (Å²) in [5.41, 5.74) is 0.338. The highest BCUT2D eigenvalue weighted by Gasteiger charge is 2.48. The number of hydrogen-bond acceptors (Lipinski definition) is 4. The molecule has 0 amide bonds. The fraction of sp³-hybridized carbons (Fsp3) is 1.00. The van der Waals surface area contributed by atoms with Crippen LogP contribution in [-0.4, -0.2) is 50.8 Å². The molecule has 4 aliphatic heterocycles. The molecule has 4 heteroatoms. The summed E-state index contributed by atoms with van der Waals surface area (Å²) in [7, 11) is 0. The molecule has 0 aliphatic carbocycles. The van der Waals surface area contributed by atoms with Crippen LogP contribution in [0.3, 0.4) is 0 Å². The van der Waals surface area contributed by atoms with Crippen LogP contribution in [0.1, 0.15) is 25.7 Å². The smallest absolute Gasteiger partial charge is 0.0815 e. The number of hydrogen-bond donors (Lipinski definition) is 0. The van der Waals surface area contributed by atoms with Gasteiger partial charge < -0.3 is 18.9 Å². The molecule has 0 spiro atoms. The van der Waals surface area contributed by atoms with Gasteiger partial charge in [-0.2, -0.15) is 0 Å². The van der Waals surface area contributed by atoms with Crippen molar-refractivity contribution in [2.75, 3.05) is 26.4 Å². The van der Waals surface area contributed by atoms with Gasteiger partial charge in [-0.05, 0) is 31.1 Å². The van der Waals surface area contributed by atoms with Crippen LogP contribution >= 0.6 is 0 Å². The van der Waals surface area contributed by atoms with Crippen molar-refractivity contribution in [2.45, 2.75) is 50.1 Å². The predicted octanol–water partition coefficient (Wildman–Crippen LogP) is 1.13. The van der Waals surface area contributed by atoms with E-state index in [9.17, 15) is 0 Å². The van der Waals surface area contributed by atoms with Crippen molar-refractivity contribution in [1.82, 2.24) is 0 Å². The van der Waals surface area contributed by atoms with Crippen LogP contribution < -0.4 is 0 Å². The van der Waals surface area contributed by atoms with Crippen molar-refractivity contribution in [1.29, 1.82) is 0 Å². The first-order chi connectivity index (χ1) is 8.31. The van der Waals surface area contributed by atoms with Gasteiger partial charge in [-0.15, -0.1) is 0 Å². The van der Waals surface area contributed by atoms with Crippen molar-refractivity contribution < 1.29 is 18.9 Å². The van der Waals surface area contributed by atoms with Gasteiger partial charge in [0.25, 0.3) is 0 Å². The first-order valence-corrected chi connectivity index (χ1v) is 6.78. The van der Waals surface area contributed by atoms with E-state index in [0.29, 0.717) is 29.8 Å². The molecule has 4 nitrogen and oxygen atoms in total. The third kappa shape index (κ3) is 2.99. The highest BCUT2D eigenvalue weighted by molar-refractivity contribution is 4.97. The highest BCUT2D eigenvalue weighted by Crippen LogP contribution is 2.48. The second-order valence-corrected chi connectivity index (χ2v) is 6.14. The highest BCUT2D eigenvalue weighted by atomic mass is 16.6. The summed E-state index contributed by atoms with van der Waals surface area (Å²) in [4.78, 5) is 0. The maximum Gasteiger partial charge on any atom is 0.0815 e. The second-order valence-electron chi connectivity index (χ2n) is 6.14. The minimum absolute atomic E-state index is 0.338. The number of rotatable bonds is 8. The van der Waals surface area contributed by atoms with Crippen molar-refractivity contribution in [3.8, 4) is 0 Å². The lowest BCUT2D eigenvalue weighted by molar-refractivity contribution is 0.129. The standard InChI is InChI=1S/C13H20O4/c1(9-5-14-9)13(2-10-6-15-10,3-11-7-16-11)4-12-8-17-12/h9-12H,1-8H2. The zero-order valence-electron chi connectivity index (χ0n) is 10.1. The molecule has 0 saturated carbocycles. The van der Waals surface area contributed by atoms with E-state index in [2.05, 4.69) is 0 Å². The Morgan fingerprint density at radius 1 is 0.588 bits per heavy atom. The zero-order chi connectivity index (χ0) is 11.3. The van der Waals surface area contributed by atoms with E-state index in [1.165, 1.54) is 25.7 Å².